The molecule has 0 aliphatic carbocycles. The number of hydrogen-bond acceptors (Lipinski definition) is 5. The number of amides is 1. The van der Waals surface area contributed by atoms with Crippen molar-refractivity contribution in [3.8, 4) is 11.6 Å². The fourth-order valence-corrected chi connectivity index (χ4v) is 3.91. The average molecular weight is 438 g/mol. The van der Waals surface area contributed by atoms with Crippen molar-refractivity contribution >= 4 is 16.8 Å². The number of nitrogens with zero attached hydrogens (tertiary/aromatic N) is 4. The van der Waals surface area contributed by atoms with Crippen LogP contribution in [0.2, 0.25) is 0 Å². The summed E-state index contributed by atoms with van der Waals surface area (Å²) in [5, 5.41) is 8.26. The highest BCUT2D eigenvalue weighted by Gasteiger charge is 2.20. The van der Waals surface area contributed by atoms with Crippen molar-refractivity contribution in [3.05, 3.63) is 102 Å². The third kappa shape index (κ3) is 4.18. The molecule has 0 fully saturated rings. The van der Waals surface area contributed by atoms with E-state index in [4.69, 9.17) is 4.74 Å². The third-order valence-electron chi connectivity index (χ3n) is 5.65. The summed E-state index contributed by atoms with van der Waals surface area (Å²) in [6.07, 6.45) is 6.55. The van der Waals surface area contributed by atoms with Crippen LogP contribution < -0.4 is 10.1 Å². The predicted molar refractivity (Wildman–Crippen MR) is 125 cm³/mol. The third-order valence-corrected chi connectivity index (χ3v) is 5.65. The lowest BCUT2D eigenvalue weighted by Gasteiger charge is -2.19. The first-order valence-electron chi connectivity index (χ1n) is 10.5. The van der Waals surface area contributed by atoms with E-state index < -0.39 is 0 Å². The monoisotopic (exact) mass is 438 g/mol. The van der Waals surface area contributed by atoms with E-state index in [0.29, 0.717) is 17.9 Å². The predicted octanol–water partition coefficient (Wildman–Crippen LogP) is 3.71. The lowest BCUT2D eigenvalue weighted by Crippen LogP contribution is -2.29. The van der Waals surface area contributed by atoms with E-state index in [1.807, 2.05) is 48.7 Å². The molecule has 0 bridgehead atoms. The van der Waals surface area contributed by atoms with Gasteiger partial charge in [0, 0.05) is 35.8 Å². The van der Waals surface area contributed by atoms with Gasteiger partial charge < -0.3 is 15.0 Å². The molecule has 1 unspecified atom stereocenters. The van der Waals surface area contributed by atoms with Gasteiger partial charge in [0.05, 0.1) is 12.7 Å². The summed E-state index contributed by atoms with van der Waals surface area (Å²) in [6.45, 7) is 0.428. The molecule has 8 nitrogen and oxygen atoms in total. The van der Waals surface area contributed by atoms with E-state index in [1.54, 1.807) is 36.4 Å². The molecule has 2 N–H and O–H groups in total. The minimum Gasteiger partial charge on any atom is -0.497 e. The van der Waals surface area contributed by atoms with Crippen molar-refractivity contribution in [1.29, 1.82) is 0 Å². The van der Waals surface area contributed by atoms with E-state index in [0.717, 1.165) is 27.8 Å². The highest BCUT2D eigenvalue weighted by atomic mass is 16.5. The van der Waals surface area contributed by atoms with Crippen molar-refractivity contribution in [1.82, 2.24) is 30.0 Å². The number of fused-ring (bicyclic) bond motifs is 1. The molecule has 2 aromatic carbocycles. The van der Waals surface area contributed by atoms with Gasteiger partial charge in [0.15, 0.2) is 5.82 Å². The lowest BCUT2D eigenvalue weighted by molar-refractivity contribution is 0.0952. The Morgan fingerprint density at radius 3 is 2.70 bits per heavy atom. The molecule has 8 heteroatoms. The smallest absolute Gasteiger partial charge is 0.252 e. The van der Waals surface area contributed by atoms with Gasteiger partial charge in [0.25, 0.3) is 5.91 Å². The van der Waals surface area contributed by atoms with Gasteiger partial charge in [0.2, 0.25) is 0 Å². The number of aromatic amines is 1. The first-order valence-corrected chi connectivity index (χ1v) is 10.5. The number of methoxy groups -OCH3 is 1. The molecule has 0 aliphatic heterocycles. The Labute approximate surface area is 190 Å². The number of carbonyl (C=O) groups is 1. The first-order chi connectivity index (χ1) is 16.2. The highest BCUT2D eigenvalue weighted by Crippen LogP contribution is 2.31. The number of para-hydroxylation sites is 1. The largest absolute Gasteiger partial charge is 0.497 e. The molecular weight excluding hydrogens is 416 g/mol. The molecule has 164 valence electrons. The summed E-state index contributed by atoms with van der Waals surface area (Å²) in [7, 11) is 1.65. The lowest BCUT2D eigenvalue weighted by atomic mass is 9.90. The van der Waals surface area contributed by atoms with Crippen LogP contribution in [0.25, 0.3) is 16.7 Å². The number of aromatic nitrogens is 5. The molecule has 0 aliphatic rings. The van der Waals surface area contributed by atoms with Crippen molar-refractivity contribution in [2.45, 2.75) is 5.92 Å². The first kappa shape index (κ1) is 20.4. The van der Waals surface area contributed by atoms with E-state index >= 15 is 0 Å². The van der Waals surface area contributed by atoms with Gasteiger partial charge in [-0.3, -0.25) is 4.79 Å². The molecule has 1 amide bonds. The van der Waals surface area contributed by atoms with E-state index in [2.05, 4.69) is 31.4 Å². The summed E-state index contributed by atoms with van der Waals surface area (Å²) in [4.78, 5) is 24.5. The number of carbonyl (C=O) groups excluding carboxylic acids is 1. The van der Waals surface area contributed by atoms with Crippen LogP contribution in [0.5, 0.6) is 5.75 Å². The fourth-order valence-electron chi connectivity index (χ4n) is 3.91. The van der Waals surface area contributed by atoms with Gasteiger partial charge in [-0.25, -0.2) is 14.6 Å². The van der Waals surface area contributed by atoms with Crippen LogP contribution in [0.15, 0.2) is 85.7 Å². The Balaban J connectivity index is 1.39. The summed E-state index contributed by atoms with van der Waals surface area (Å²) < 4.78 is 6.85. The molecule has 0 saturated carbocycles. The Morgan fingerprint density at radius 1 is 1.12 bits per heavy atom. The normalized spacial score (nSPS) is 11.9. The number of H-pyrrole nitrogens is 1. The van der Waals surface area contributed by atoms with Crippen LogP contribution in [0, 0.1) is 0 Å². The average Bonchev–Trinajstić information content (AvgIpc) is 3.55. The van der Waals surface area contributed by atoms with E-state index in [9.17, 15) is 4.79 Å². The Bertz CT molecular complexity index is 1360. The van der Waals surface area contributed by atoms with Crippen LogP contribution >= 0.6 is 0 Å². The van der Waals surface area contributed by atoms with E-state index in [1.165, 1.54) is 6.33 Å². The van der Waals surface area contributed by atoms with Crippen LogP contribution in [0.1, 0.15) is 27.4 Å². The summed E-state index contributed by atoms with van der Waals surface area (Å²) in [6, 6.07) is 19.6. The quantitative estimate of drug-likeness (QED) is 0.404. The zero-order chi connectivity index (χ0) is 22.6. The Morgan fingerprint density at radius 2 is 1.97 bits per heavy atom. The molecule has 3 aromatic heterocycles. The van der Waals surface area contributed by atoms with Crippen LogP contribution in [-0.2, 0) is 0 Å². The second kappa shape index (κ2) is 8.96. The van der Waals surface area contributed by atoms with Crippen LogP contribution in [0.3, 0.4) is 0 Å². The minimum atomic E-state index is -0.189. The zero-order valence-electron chi connectivity index (χ0n) is 18.0. The molecule has 33 heavy (non-hydrogen) atoms. The van der Waals surface area contributed by atoms with Crippen molar-refractivity contribution < 1.29 is 9.53 Å². The number of hydrogen-bond donors (Lipinski definition) is 2. The Kier molecular flexibility index (Phi) is 5.55. The molecule has 5 rings (SSSR count). The maximum atomic E-state index is 12.9. The van der Waals surface area contributed by atoms with Crippen molar-refractivity contribution in [2.24, 2.45) is 0 Å². The maximum absolute atomic E-state index is 12.9. The molecule has 0 saturated heterocycles. The molecule has 0 radical (unpaired) electrons. The van der Waals surface area contributed by atoms with Crippen LogP contribution in [0.4, 0.5) is 0 Å². The minimum absolute atomic E-state index is 0.0432. The van der Waals surface area contributed by atoms with Gasteiger partial charge in [-0.05, 0) is 41.5 Å². The highest BCUT2D eigenvalue weighted by molar-refractivity contribution is 5.94. The maximum Gasteiger partial charge on any atom is 0.252 e. The molecule has 5 aromatic rings. The van der Waals surface area contributed by atoms with Gasteiger partial charge in [-0.1, -0.05) is 30.3 Å². The molecule has 1 atom stereocenters. The Hall–Kier alpha value is -4.46. The van der Waals surface area contributed by atoms with Gasteiger partial charge in [0.1, 0.15) is 18.4 Å². The van der Waals surface area contributed by atoms with E-state index in [-0.39, 0.29) is 11.8 Å². The number of nitrogens with one attached hydrogen (secondary N) is 2. The topological polar surface area (TPSA) is 97.7 Å². The number of pyridine rings is 1. The summed E-state index contributed by atoms with van der Waals surface area (Å²) in [5.74, 6) is 1.15. The molecule has 3 heterocycles. The number of benzene rings is 2. The zero-order valence-corrected chi connectivity index (χ0v) is 18.0. The number of rotatable bonds is 7. The second-order valence-electron chi connectivity index (χ2n) is 7.57. The standard InChI is InChI=1S/C25H22N6O2/c1-33-19-9-6-17(7-10-19)21(22-14-27-23-5-3-2-4-20(22)23)13-29-25(32)18-8-11-24(28-12-18)31-16-26-15-30-31/h2-12,14-16,21,27H,13H2,1H3,(H,29,32). The second-order valence-corrected chi connectivity index (χ2v) is 7.57. The number of ether oxygens (including phenoxy) is 1. The fraction of sp³-hybridized carbons (Fsp3) is 0.120. The van der Waals surface area contributed by atoms with Crippen molar-refractivity contribution in [2.75, 3.05) is 13.7 Å². The van der Waals surface area contributed by atoms with Gasteiger partial charge in [-0.2, -0.15) is 5.10 Å². The van der Waals surface area contributed by atoms with Crippen LogP contribution in [-0.4, -0.2) is 44.3 Å². The summed E-state index contributed by atoms with van der Waals surface area (Å²) in [5.41, 5.74) is 3.74. The SMILES string of the molecule is COc1ccc(C(CNC(=O)c2ccc(-n3cncn3)nc2)c2c[nH]c3ccccc23)cc1. The molecule has 0 spiro atoms. The van der Waals surface area contributed by atoms with Gasteiger partial charge in [-0.15, -0.1) is 0 Å². The summed E-state index contributed by atoms with van der Waals surface area (Å²) >= 11 is 0. The van der Waals surface area contributed by atoms with Gasteiger partial charge >= 0.3 is 0 Å². The molecular formula is C25H22N6O2. The van der Waals surface area contributed by atoms with Crippen molar-refractivity contribution in [3.63, 3.8) is 0 Å².